The smallest absolute Gasteiger partial charge is 0.0349 e. The molecule has 2 N–H and O–H groups in total. The predicted molar refractivity (Wildman–Crippen MR) is 54.9 cm³/mol. The second-order valence-corrected chi connectivity index (χ2v) is 3.04. The molecular formula is C11H15N. The molecule has 12 heavy (non-hydrogen) atoms. The fraction of sp³-hybridized carbons (Fsp3) is 0.273. The molecule has 0 aromatic heterocycles. The summed E-state index contributed by atoms with van der Waals surface area (Å²) < 4.78 is 0. The van der Waals surface area contributed by atoms with Crippen molar-refractivity contribution in [1.82, 2.24) is 0 Å². The molecule has 1 aromatic carbocycles. The van der Waals surface area contributed by atoms with Gasteiger partial charge in [0.05, 0.1) is 0 Å². The van der Waals surface area contributed by atoms with Crippen LogP contribution in [0, 0.1) is 6.92 Å². The zero-order chi connectivity index (χ0) is 9.14. The van der Waals surface area contributed by atoms with Gasteiger partial charge in [0.2, 0.25) is 0 Å². The number of allylic oxidation sites excluding steroid dienone is 2. The summed E-state index contributed by atoms with van der Waals surface area (Å²) >= 11 is 0. The van der Waals surface area contributed by atoms with E-state index in [0.29, 0.717) is 0 Å². The second-order valence-electron chi connectivity index (χ2n) is 3.04. The van der Waals surface area contributed by atoms with Crippen molar-refractivity contribution < 1.29 is 0 Å². The molecule has 0 spiro atoms. The maximum Gasteiger partial charge on any atom is 0.0349 e. The van der Waals surface area contributed by atoms with Crippen LogP contribution in [0.15, 0.2) is 24.3 Å². The number of rotatable bonds is 1. The molecule has 0 fully saturated rings. The van der Waals surface area contributed by atoms with Crippen LogP contribution < -0.4 is 5.73 Å². The van der Waals surface area contributed by atoms with Crippen molar-refractivity contribution in [3.8, 4) is 0 Å². The molecule has 0 radical (unpaired) electrons. The van der Waals surface area contributed by atoms with E-state index in [4.69, 9.17) is 5.73 Å². The van der Waals surface area contributed by atoms with Crippen LogP contribution in [0.3, 0.4) is 0 Å². The zero-order valence-corrected chi connectivity index (χ0v) is 7.89. The molecule has 0 unspecified atom stereocenters. The Kier molecular flexibility index (Phi) is 2.54. The van der Waals surface area contributed by atoms with Gasteiger partial charge in [0.15, 0.2) is 0 Å². The minimum absolute atomic E-state index is 0.869. The molecule has 1 aromatic rings. The van der Waals surface area contributed by atoms with E-state index in [-0.39, 0.29) is 0 Å². The van der Waals surface area contributed by atoms with Crippen LogP contribution in [0.5, 0.6) is 0 Å². The van der Waals surface area contributed by atoms with Crippen molar-refractivity contribution in [3.63, 3.8) is 0 Å². The van der Waals surface area contributed by atoms with Gasteiger partial charge in [-0.3, -0.25) is 0 Å². The van der Waals surface area contributed by atoms with E-state index in [1.807, 2.05) is 19.9 Å². The number of hydrogen-bond acceptors (Lipinski definition) is 1. The molecule has 1 nitrogen and oxygen atoms in total. The summed E-state index contributed by atoms with van der Waals surface area (Å²) in [7, 11) is 0. The highest BCUT2D eigenvalue weighted by Gasteiger charge is 1.96. The Hall–Kier alpha value is -1.24. The first-order valence-electron chi connectivity index (χ1n) is 4.14. The van der Waals surface area contributed by atoms with Gasteiger partial charge in [0.1, 0.15) is 0 Å². The lowest BCUT2D eigenvalue weighted by molar-refractivity contribution is 1.44. The summed E-state index contributed by atoms with van der Waals surface area (Å²) in [5, 5.41) is 0. The third kappa shape index (κ3) is 1.67. The van der Waals surface area contributed by atoms with E-state index in [9.17, 15) is 0 Å². The standard InChI is InChI=1S/C11H15N/c1-4-8(2)10-6-5-9(3)11(12)7-10/h4-7H,12H2,1-3H3/b8-4+. The molecule has 1 heteroatoms. The first kappa shape index (κ1) is 8.85. The summed E-state index contributed by atoms with van der Waals surface area (Å²) in [6.45, 7) is 6.14. The Morgan fingerprint density at radius 3 is 2.58 bits per heavy atom. The van der Waals surface area contributed by atoms with Gasteiger partial charge < -0.3 is 5.73 Å². The maximum absolute atomic E-state index is 5.79. The quantitative estimate of drug-likeness (QED) is 0.629. The average Bonchev–Trinajstić information content (AvgIpc) is 2.08. The molecule has 0 aliphatic heterocycles. The highest BCUT2D eigenvalue weighted by Crippen LogP contribution is 2.19. The average molecular weight is 161 g/mol. The van der Waals surface area contributed by atoms with Crippen molar-refractivity contribution in [2.24, 2.45) is 0 Å². The molecule has 0 saturated carbocycles. The van der Waals surface area contributed by atoms with E-state index < -0.39 is 0 Å². The van der Waals surface area contributed by atoms with Crippen molar-refractivity contribution in [2.75, 3.05) is 5.73 Å². The fourth-order valence-corrected chi connectivity index (χ4v) is 1.05. The number of hydrogen-bond donors (Lipinski definition) is 1. The molecule has 0 bridgehead atoms. The monoisotopic (exact) mass is 161 g/mol. The van der Waals surface area contributed by atoms with Crippen molar-refractivity contribution >= 4 is 11.3 Å². The van der Waals surface area contributed by atoms with Crippen LogP contribution in [0.4, 0.5) is 5.69 Å². The Balaban J connectivity index is 3.13. The minimum atomic E-state index is 0.869. The topological polar surface area (TPSA) is 26.0 Å². The molecule has 64 valence electrons. The highest BCUT2D eigenvalue weighted by molar-refractivity contribution is 5.67. The predicted octanol–water partition coefficient (Wildman–Crippen LogP) is 3.00. The van der Waals surface area contributed by atoms with E-state index in [1.165, 1.54) is 11.1 Å². The Morgan fingerprint density at radius 1 is 1.42 bits per heavy atom. The van der Waals surface area contributed by atoms with Crippen molar-refractivity contribution in [3.05, 3.63) is 35.4 Å². The minimum Gasteiger partial charge on any atom is -0.398 e. The fourth-order valence-electron chi connectivity index (χ4n) is 1.05. The summed E-state index contributed by atoms with van der Waals surface area (Å²) in [5.41, 5.74) is 10.3. The summed E-state index contributed by atoms with van der Waals surface area (Å²) in [4.78, 5) is 0. The largest absolute Gasteiger partial charge is 0.398 e. The van der Waals surface area contributed by atoms with Crippen LogP contribution >= 0.6 is 0 Å². The summed E-state index contributed by atoms with van der Waals surface area (Å²) in [5.74, 6) is 0. The third-order valence-electron chi connectivity index (χ3n) is 2.17. The van der Waals surface area contributed by atoms with Gasteiger partial charge in [-0.2, -0.15) is 0 Å². The molecule has 0 amide bonds. The van der Waals surface area contributed by atoms with Crippen LogP contribution in [0.25, 0.3) is 5.57 Å². The van der Waals surface area contributed by atoms with E-state index in [0.717, 1.165) is 11.3 Å². The zero-order valence-electron chi connectivity index (χ0n) is 7.89. The molecule has 0 aliphatic rings. The van der Waals surface area contributed by atoms with Gasteiger partial charge in [-0.05, 0) is 43.5 Å². The van der Waals surface area contributed by atoms with E-state index in [1.54, 1.807) is 0 Å². The van der Waals surface area contributed by atoms with E-state index in [2.05, 4.69) is 25.1 Å². The number of nitrogen functional groups attached to an aromatic ring is 1. The van der Waals surface area contributed by atoms with Gasteiger partial charge in [0, 0.05) is 5.69 Å². The molecule has 0 saturated heterocycles. The van der Waals surface area contributed by atoms with Gasteiger partial charge in [-0.1, -0.05) is 18.2 Å². The lowest BCUT2D eigenvalue weighted by atomic mass is 10.0. The van der Waals surface area contributed by atoms with Gasteiger partial charge in [-0.25, -0.2) is 0 Å². The van der Waals surface area contributed by atoms with E-state index >= 15 is 0 Å². The summed E-state index contributed by atoms with van der Waals surface area (Å²) in [6, 6.07) is 6.17. The lowest BCUT2D eigenvalue weighted by Gasteiger charge is -2.04. The highest BCUT2D eigenvalue weighted by atomic mass is 14.5. The Labute approximate surface area is 73.9 Å². The molecule has 0 atom stereocenters. The number of anilines is 1. The second kappa shape index (κ2) is 3.44. The SMILES string of the molecule is C/C=C(\C)c1ccc(C)c(N)c1. The van der Waals surface area contributed by atoms with Gasteiger partial charge in [-0.15, -0.1) is 0 Å². The Bertz CT molecular complexity index is 311. The first-order valence-corrected chi connectivity index (χ1v) is 4.14. The summed E-state index contributed by atoms with van der Waals surface area (Å²) in [6.07, 6.45) is 2.09. The maximum atomic E-state index is 5.79. The number of aryl methyl sites for hydroxylation is 1. The Morgan fingerprint density at radius 2 is 2.08 bits per heavy atom. The van der Waals surface area contributed by atoms with Crippen molar-refractivity contribution in [1.29, 1.82) is 0 Å². The van der Waals surface area contributed by atoms with Crippen LogP contribution in [-0.4, -0.2) is 0 Å². The molecule has 1 rings (SSSR count). The first-order chi connectivity index (χ1) is 5.65. The van der Waals surface area contributed by atoms with Crippen LogP contribution in [-0.2, 0) is 0 Å². The molecule has 0 aliphatic carbocycles. The molecular weight excluding hydrogens is 146 g/mol. The number of nitrogens with two attached hydrogens (primary N) is 1. The number of benzene rings is 1. The lowest BCUT2D eigenvalue weighted by Crippen LogP contribution is -1.90. The normalized spacial score (nSPS) is 11.8. The van der Waals surface area contributed by atoms with Gasteiger partial charge in [0.25, 0.3) is 0 Å². The molecule has 0 heterocycles. The third-order valence-corrected chi connectivity index (χ3v) is 2.17. The van der Waals surface area contributed by atoms with Crippen molar-refractivity contribution in [2.45, 2.75) is 20.8 Å². The van der Waals surface area contributed by atoms with Gasteiger partial charge >= 0.3 is 0 Å². The van der Waals surface area contributed by atoms with Crippen LogP contribution in [0.2, 0.25) is 0 Å². The van der Waals surface area contributed by atoms with Crippen LogP contribution in [0.1, 0.15) is 25.0 Å².